The monoisotopic (exact) mass is 440 g/mol. The number of rotatable bonds is 0. The number of ether oxygens (including phenoxy) is 1. The minimum Gasteiger partial charge on any atom is -0.450 e. The van der Waals surface area contributed by atoms with E-state index in [0.717, 1.165) is 16.8 Å². The Hall–Kier alpha value is -4.53. The highest BCUT2D eigenvalue weighted by molar-refractivity contribution is 5.94. The van der Waals surface area contributed by atoms with Crippen LogP contribution in [0.15, 0.2) is 60.9 Å². The van der Waals surface area contributed by atoms with E-state index >= 15 is 0 Å². The fourth-order valence-corrected chi connectivity index (χ4v) is 3.81. The number of nitrogens with zero attached hydrogens (tertiary/aromatic N) is 3. The van der Waals surface area contributed by atoms with Crippen LogP contribution in [-0.2, 0) is 6.42 Å². The highest BCUT2D eigenvalue weighted by atomic mass is 19.1. The summed E-state index contributed by atoms with van der Waals surface area (Å²) in [5.74, 6) is 0.934. The first kappa shape index (κ1) is 19.2. The summed E-state index contributed by atoms with van der Waals surface area (Å²) in [5, 5.41) is 9.09. The summed E-state index contributed by atoms with van der Waals surface area (Å²) in [6.07, 6.45) is 3.62. The zero-order chi connectivity index (χ0) is 22.4. The van der Waals surface area contributed by atoms with Crippen LogP contribution >= 0.6 is 0 Å². The third-order valence-corrected chi connectivity index (χ3v) is 5.54. The number of pyridine rings is 1. The van der Waals surface area contributed by atoms with Crippen LogP contribution in [0.1, 0.15) is 15.9 Å². The molecular weight excluding hydrogens is 423 g/mol. The van der Waals surface area contributed by atoms with E-state index in [2.05, 4.69) is 30.9 Å². The van der Waals surface area contributed by atoms with E-state index in [1.54, 1.807) is 30.3 Å². The third kappa shape index (κ3) is 3.59. The Labute approximate surface area is 187 Å². The van der Waals surface area contributed by atoms with Crippen LogP contribution in [0.5, 0.6) is 11.5 Å². The van der Waals surface area contributed by atoms with Gasteiger partial charge in [0, 0.05) is 23.9 Å². The molecule has 9 heteroatoms. The molecule has 8 bridgehead atoms. The van der Waals surface area contributed by atoms with Crippen molar-refractivity contribution in [3.05, 3.63) is 78.0 Å². The fraction of sp³-hybridized carbons (Fsp3) is 0.0833. The molecule has 8 nitrogen and oxygen atoms in total. The van der Waals surface area contributed by atoms with Crippen LogP contribution in [-0.4, -0.2) is 27.4 Å². The summed E-state index contributed by atoms with van der Waals surface area (Å²) in [6.45, 7) is 0.484. The number of carbonyl (C=O) groups is 1. The molecule has 0 fully saturated rings. The van der Waals surface area contributed by atoms with Crippen molar-refractivity contribution in [3.8, 4) is 22.6 Å². The zero-order valence-electron chi connectivity index (χ0n) is 17.2. The molecule has 0 atom stereocenters. The van der Waals surface area contributed by atoms with Gasteiger partial charge in [0.25, 0.3) is 5.91 Å². The Morgan fingerprint density at radius 3 is 2.58 bits per heavy atom. The molecular formula is C24H17FN6O2. The van der Waals surface area contributed by atoms with E-state index in [9.17, 15) is 9.18 Å². The lowest BCUT2D eigenvalue weighted by Crippen LogP contribution is -2.25. The Morgan fingerprint density at radius 2 is 1.70 bits per heavy atom. The molecule has 2 aromatic carbocycles. The number of anilines is 4. The van der Waals surface area contributed by atoms with Crippen LogP contribution in [0.2, 0.25) is 0 Å². The molecule has 0 aliphatic carbocycles. The molecule has 162 valence electrons. The van der Waals surface area contributed by atoms with Crippen molar-refractivity contribution in [1.29, 1.82) is 0 Å². The average Bonchev–Trinajstić information content (AvgIpc) is 2.83. The first-order chi connectivity index (χ1) is 16.1. The van der Waals surface area contributed by atoms with Gasteiger partial charge >= 0.3 is 0 Å². The first-order valence-electron chi connectivity index (χ1n) is 10.4. The van der Waals surface area contributed by atoms with Crippen molar-refractivity contribution >= 4 is 29.0 Å². The van der Waals surface area contributed by atoms with Gasteiger partial charge in [-0.1, -0.05) is 18.2 Å². The number of halogens is 1. The fourth-order valence-electron chi connectivity index (χ4n) is 3.81. The SMILES string of the molecule is O=C1NCCc2ccc3c(c2)Nc2nc(ncc2O3)Nc2cc(cnc2F)-c2ccc1cc2. The lowest BCUT2D eigenvalue weighted by molar-refractivity contribution is 0.0954. The van der Waals surface area contributed by atoms with Crippen LogP contribution in [0, 0.1) is 5.95 Å². The van der Waals surface area contributed by atoms with Gasteiger partial charge < -0.3 is 20.7 Å². The van der Waals surface area contributed by atoms with Crippen molar-refractivity contribution in [2.75, 3.05) is 17.2 Å². The van der Waals surface area contributed by atoms with E-state index in [-0.39, 0.29) is 17.5 Å². The number of fused-ring (bicyclic) bond motifs is 5. The summed E-state index contributed by atoms with van der Waals surface area (Å²) in [5.41, 5.74) is 3.93. The van der Waals surface area contributed by atoms with Gasteiger partial charge in [-0.3, -0.25) is 4.79 Å². The van der Waals surface area contributed by atoms with Gasteiger partial charge in [0.1, 0.15) is 0 Å². The maximum Gasteiger partial charge on any atom is 0.251 e. The normalized spacial score (nSPS) is 13.8. The molecule has 7 rings (SSSR count). The molecule has 1 amide bonds. The van der Waals surface area contributed by atoms with Crippen molar-refractivity contribution in [3.63, 3.8) is 0 Å². The van der Waals surface area contributed by atoms with Crippen LogP contribution < -0.4 is 20.7 Å². The highest BCUT2D eigenvalue weighted by Gasteiger charge is 2.20. The molecule has 3 aliphatic heterocycles. The van der Waals surface area contributed by atoms with Gasteiger partial charge in [-0.05, 0) is 47.9 Å². The van der Waals surface area contributed by atoms with E-state index < -0.39 is 5.95 Å². The molecule has 4 aromatic rings. The van der Waals surface area contributed by atoms with E-state index in [1.807, 2.05) is 18.2 Å². The van der Waals surface area contributed by atoms with Crippen LogP contribution in [0.4, 0.5) is 27.5 Å². The smallest absolute Gasteiger partial charge is 0.251 e. The third-order valence-electron chi connectivity index (χ3n) is 5.54. The summed E-state index contributed by atoms with van der Waals surface area (Å²) >= 11 is 0. The molecule has 0 saturated heterocycles. The average molecular weight is 440 g/mol. The molecule has 5 heterocycles. The standard InChI is InChI=1S/C24H17FN6O2/c25-21-18-10-16(11-27-21)14-2-4-15(5-3-14)23(32)26-8-7-13-1-6-19-17(9-13)29-22-20(33-19)12-28-24(30-18)31-22/h1-6,9-12H,7-8H2,(H,26,32)(H2,28,29,30,31). The van der Waals surface area contributed by atoms with Gasteiger partial charge in [0.2, 0.25) is 11.9 Å². The minimum absolute atomic E-state index is 0.131. The zero-order valence-corrected chi connectivity index (χ0v) is 17.2. The van der Waals surface area contributed by atoms with Crippen molar-refractivity contribution < 1.29 is 13.9 Å². The molecule has 2 aromatic heterocycles. The summed E-state index contributed by atoms with van der Waals surface area (Å²) in [4.78, 5) is 25.1. The molecule has 0 unspecified atom stereocenters. The second-order valence-corrected chi connectivity index (χ2v) is 7.73. The lowest BCUT2D eigenvalue weighted by atomic mass is 10.0. The number of nitrogens with one attached hydrogen (secondary N) is 3. The Bertz CT molecular complexity index is 1410. The van der Waals surface area contributed by atoms with Gasteiger partial charge in [-0.25, -0.2) is 9.97 Å². The number of amides is 1. The predicted octanol–water partition coefficient (Wildman–Crippen LogP) is 4.56. The molecule has 3 N–H and O–H groups in total. The topological polar surface area (TPSA) is 101 Å². The highest BCUT2D eigenvalue weighted by Crippen LogP contribution is 2.41. The van der Waals surface area contributed by atoms with Crippen LogP contribution in [0.3, 0.4) is 0 Å². The number of benzene rings is 2. The van der Waals surface area contributed by atoms with Gasteiger partial charge in [-0.2, -0.15) is 9.37 Å². The Kier molecular flexibility index (Phi) is 4.39. The second kappa shape index (κ2) is 7.56. The summed E-state index contributed by atoms with van der Waals surface area (Å²) in [6, 6.07) is 14.5. The maximum absolute atomic E-state index is 14.5. The maximum atomic E-state index is 14.5. The number of carbonyl (C=O) groups excluding carboxylic acids is 1. The van der Waals surface area contributed by atoms with Crippen LogP contribution in [0.25, 0.3) is 11.1 Å². The van der Waals surface area contributed by atoms with Gasteiger partial charge in [0.15, 0.2) is 17.3 Å². The molecule has 33 heavy (non-hydrogen) atoms. The Balaban J connectivity index is 1.44. The van der Waals surface area contributed by atoms with Gasteiger partial charge in [-0.15, -0.1) is 0 Å². The quantitative estimate of drug-likeness (QED) is 0.304. The van der Waals surface area contributed by atoms with E-state index in [4.69, 9.17) is 4.74 Å². The van der Waals surface area contributed by atoms with Crippen molar-refractivity contribution in [1.82, 2.24) is 20.3 Å². The minimum atomic E-state index is -0.679. The number of aromatic nitrogens is 3. The summed E-state index contributed by atoms with van der Waals surface area (Å²) < 4.78 is 20.4. The second-order valence-electron chi connectivity index (χ2n) is 7.73. The molecule has 0 radical (unpaired) electrons. The van der Waals surface area contributed by atoms with Gasteiger partial charge in [0.05, 0.1) is 17.6 Å². The Morgan fingerprint density at radius 1 is 0.848 bits per heavy atom. The summed E-state index contributed by atoms with van der Waals surface area (Å²) in [7, 11) is 0. The molecule has 0 saturated carbocycles. The molecule has 3 aliphatic rings. The van der Waals surface area contributed by atoms with Crippen molar-refractivity contribution in [2.45, 2.75) is 6.42 Å². The first-order valence-corrected chi connectivity index (χ1v) is 10.4. The van der Waals surface area contributed by atoms with E-state index in [1.165, 1.54) is 12.4 Å². The number of hydrogen-bond donors (Lipinski definition) is 3. The van der Waals surface area contributed by atoms with E-state index in [0.29, 0.717) is 41.4 Å². The van der Waals surface area contributed by atoms with Crippen molar-refractivity contribution in [2.24, 2.45) is 0 Å². The largest absolute Gasteiger partial charge is 0.450 e. The lowest BCUT2D eigenvalue weighted by Gasteiger charge is -2.21. The predicted molar refractivity (Wildman–Crippen MR) is 121 cm³/mol. The number of hydrogen-bond acceptors (Lipinski definition) is 7. The molecule has 0 spiro atoms.